The molecule has 0 saturated heterocycles. The van der Waals surface area contributed by atoms with Crippen LogP contribution in [0, 0.1) is 13.8 Å². The summed E-state index contributed by atoms with van der Waals surface area (Å²) in [7, 11) is -2.29. The number of nitrogens with zero attached hydrogens (tertiary/aromatic N) is 1. The number of nitrogens with one attached hydrogen (secondary N) is 2. The molecular formula is C17H23N3O5S. The van der Waals surface area contributed by atoms with Gasteiger partial charge in [0, 0.05) is 13.7 Å². The van der Waals surface area contributed by atoms with Crippen molar-refractivity contribution >= 4 is 15.9 Å². The van der Waals surface area contributed by atoms with Gasteiger partial charge >= 0.3 is 0 Å². The van der Waals surface area contributed by atoms with Crippen LogP contribution >= 0.6 is 0 Å². The molecule has 0 bridgehead atoms. The van der Waals surface area contributed by atoms with Crippen molar-refractivity contribution in [3.05, 3.63) is 46.8 Å². The second-order valence-corrected chi connectivity index (χ2v) is 7.62. The maximum absolute atomic E-state index is 12.4. The number of carbonyl (C=O) groups is 1. The normalized spacial score (nSPS) is 12.8. The minimum atomic E-state index is -3.90. The highest BCUT2D eigenvalue weighted by Crippen LogP contribution is 2.18. The van der Waals surface area contributed by atoms with E-state index >= 15 is 0 Å². The summed E-state index contributed by atoms with van der Waals surface area (Å²) in [6.45, 7) is 5.28. The standard InChI is InChI=1S/C17H23N3O5S/c1-11-16(13(3)25-19-11)26(22,23)20-12(2)17(21)18-9-14-6-5-7-15(8-14)10-24-4/h5-8,12,20H,9-10H2,1-4H3,(H,18,21)/t12-/m0/s1. The van der Waals surface area contributed by atoms with Crippen LogP contribution in [0.1, 0.15) is 29.5 Å². The first kappa shape index (κ1) is 20.1. The van der Waals surface area contributed by atoms with Gasteiger partial charge in [-0.05, 0) is 31.9 Å². The van der Waals surface area contributed by atoms with Crippen LogP contribution in [-0.2, 0) is 32.7 Å². The van der Waals surface area contributed by atoms with E-state index in [2.05, 4.69) is 15.2 Å². The average Bonchev–Trinajstić information content (AvgIpc) is 2.92. The number of ether oxygens (including phenoxy) is 1. The van der Waals surface area contributed by atoms with Gasteiger partial charge in [0.1, 0.15) is 10.6 Å². The van der Waals surface area contributed by atoms with E-state index < -0.39 is 22.0 Å². The number of aromatic nitrogens is 1. The quantitative estimate of drug-likeness (QED) is 0.715. The van der Waals surface area contributed by atoms with Gasteiger partial charge in [-0.15, -0.1) is 0 Å². The number of hydrogen-bond acceptors (Lipinski definition) is 6. The van der Waals surface area contributed by atoms with Crippen molar-refractivity contribution in [2.45, 2.75) is 44.9 Å². The number of amides is 1. The van der Waals surface area contributed by atoms with Gasteiger partial charge < -0.3 is 14.6 Å². The van der Waals surface area contributed by atoms with E-state index in [1.807, 2.05) is 24.3 Å². The molecule has 1 amide bonds. The Morgan fingerprint density at radius 3 is 2.62 bits per heavy atom. The van der Waals surface area contributed by atoms with E-state index in [1.165, 1.54) is 20.8 Å². The Morgan fingerprint density at radius 2 is 2.00 bits per heavy atom. The fraction of sp³-hybridized carbons (Fsp3) is 0.412. The molecule has 0 radical (unpaired) electrons. The zero-order valence-electron chi connectivity index (χ0n) is 15.2. The number of sulfonamides is 1. The molecule has 1 aromatic heterocycles. The molecule has 0 aliphatic heterocycles. The van der Waals surface area contributed by atoms with Gasteiger partial charge in [0.15, 0.2) is 5.76 Å². The maximum Gasteiger partial charge on any atom is 0.246 e. The van der Waals surface area contributed by atoms with Crippen LogP contribution in [0.15, 0.2) is 33.7 Å². The highest BCUT2D eigenvalue weighted by molar-refractivity contribution is 7.89. The first-order valence-corrected chi connectivity index (χ1v) is 9.52. The Kier molecular flexibility index (Phi) is 6.52. The van der Waals surface area contributed by atoms with Crippen LogP contribution in [0.4, 0.5) is 0 Å². The largest absolute Gasteiger partial charge is 0.380 e. The second-order valence-electron chi connectivity index (χ2n) is 5.97. The monoisotopic (exact) mass is 381 g/mol. The molecule has 0 spiro atoms. The Morgan fingerprint density at radius 1 is 1.31 bits per heavy atom. The minimum Gasteiger partial charge on any atom is -0.380 e. The third kappa shape index (κ3) is 4.90. The molecule has 9 heteroatoms. The lowest BCUT2D eigenvalue weighted by molar-refractivity contribution is -0.122. The summed E-state index contributed by atoms with van der Waals surface area (Å²) in [5.41, 5.74) is 2.14. The minimum absolute atomic E-state index is 0.0376. The van der Waals surface area contributed by atoms with Crippen molar-refractivity contribution in [2.75, 3.05) is 7.11 Å². The predicted octanol–water partition coefficient (Wildman–Crippen LogP) is 1.42. The topological polar surface area (TPSA) is 111 Å². The Labute approximate surface area is 153 Å². The van der Waals surface area contributed by atoms with E-state index in [0.29, 0.717) is 6.61 Å². The van der Waals surface area contributed by atoms with Crippen LogP contribution in [0.5, 0.6) is 0 Å². The van der Waals surface area contributed by atoms with Crippen molar-refractivity contribution in [3.63, 3.8) is 0 Å². The summed E-state index contributed by atoms with van der Waals surface area (Å²) in [6, 6.07) is 6.64. The number of benzene rings is 1. The molecule has 0 unspecified atom stereocenters. The van der Waals surface area contributed by atoms with Gasteiger partial charge in [-0.2, -0.15) is 4.72 Å². The van der Waals surface area contributed by atoms with Crippen LogP contribution in [-0.4, -0.2) is 32.6 Å². The van der Waals surface area contributed by atoms with Gasteiger partial charge in [0.25, 0.3) is 0 Å². The number of aryl methyl sites for hydroxylation is 2. The lowest BCUT2D eigenvalue weighted by Crippen LogP contribution is -2.44. The molecule has 26 heavy (non-hydrogen) atoms. The van der Waals surface area contributed by atoms with Gasteiger partial charge in [0.05, 0.1) is 12.6 Å². The molecule has 1 atom stereocenters. The van der Waals surface area contributed by atoms with Crippen molar-refractivity contribution in [2.24, 2.45) is 0 Å². The van der Waals surface area contributed by atoms with Crippen LogP contribution in [0.2, 0.25) is 0 Å². The molecule has 0 fully saturated rings. The molecule has 2 aromatic rings. The average molecular weight is 381 g/mol. The van der Waals surface area contributed by atoms with E-state index in [1.54, 1.807) is 7.11 Å². The molecule has 1 heterocycles. The first-order chi connectivity index (χ1) is 12.2. The van der Waals surface area contributed by atoms with Gasteiger partial charge in [0.2, 0.25) is 15.9 Å². The fourth-order valence-corrected chi connectivity index (χ4v) is 4.07. The fourth-order valence-electron chi connectivity index (χ4n) is 2.54. The van der Waals surface area contributed by atoms with E-state index in [-0.39, 0.29) is 22.9 Å². The van der Waals surface area contributed by atoms with Crippen LogP contribution in [0.3, 0.4) is 0 Å². The summed E-state index contributed by atoms with van der Waals surface area (Å²) in [4.78, 5) is 12.2. The lowest BCUT2D eigenvalue weighted by Gasteiger charge is -2.14. The van der Waals surface area contributed by atoms with Crippen molar-refractivity contribution < 1.29 is 22.5 Å². The number of carbonyl (C=O) groups excluding carboxylic acids is 1. The van der Waals surface area contributed by atoms with Crippen molar-refractivity contribution in [1.29, 1.82) is 0 Å². The highest BCUT2D eigenvalue weighted by atomic mass is 32.2. The molecule has 0 aliphatic carbocycles. The van der Waals surface area contributed by atoms with E-state index in [9.17, 15) is 13.2 Å². The van der Waals surface area contributed by atoms with Gasteiger partial charge in [-0.3, -0.25) is 4.79 Å². The predicted molar refractivity (Wildman–Crippen MR) is 94.8 cm³/mol. The summed E-state index contributed by atoms with van der Waals surface area (Å²) in [6.07, 6.45) is 0. The molecule has 0 aliphatic rings. The molecule has 1 aromatic carbocycles. The van der Waals surface area contributed by atoms with Crippen molar-refractivity contribution in [3.8, 4) is 0 Å². The summed E-state index contributed by atoms with van der Waals surface area (Å²) in [5.74, 6) is -0.255. The highest BCUT2D eigenvalue weighted by Gasteiger charge is 2.27. The molecule has 142 valence electrons. The Hall–Kier alpha value is -2.23. The molecule has 2 N–H and O–H groups in total. The molecule has 0 saturated carbocycles. The zero-order chi connectivity index (χ0) is 19.3. The van der Waals surface area contributed by atoms with E-state index in [4.69, 9.17) is 9.26 Å². The zero-order valence-corrected chi connectivity index (χ0v) is 16.0. The summed E-state index contributed by atoms with van der Waals surface area (Å²) in [5, 5.41) is 6.35. The van der Waals surface area contributed by atoms with Crippen LogP contribution in [0.25, 0.3) is 0 Å². The second kappa shape index (κ2) is 8.43. The summed E-state index contributed by atoms with van der Waals surface area (Å²) < 4.78 is 37.2. The molecule has 2 rings (SSSR count). The SMILES string of the molecule is COCc1cccc(CNC(=O)[C@H](C)NS(=O)(=O)c2c(C)noc2C)c1. The number of hydrogen-bond donors (Lipinski definition) is 2. The third-order valence-corrected chi connectivity index (χ3v) is 5.52. The lowest BCUT2D eigenvalue weighted by atomic mass is 10.1. The number of methoxy groups -OCH3 is 1. The number of rotatable bonds is 8. The molecule has 8 nitrogen and oxygen atoms in total. The maximum atomic E-state index is 12.4. The Balaban J connectivity index is 1.98. The van der Waals surface area contributed by atoms with E-state index in [0.717, 1.165) is 11.1 Å². The smallest absolute Gasteiger partial charge is 0.246 e. The van der Waals surface area contributed by atoms with Gasteiger partial charge in [-0.1, -0.05) is 29.4 Å². The molecular weight excluding hydrogens is 358 g/mol. The van der Waals surface area contributed by atoms with Crippen LogP contribution < -0.4 is 10.0 Å². The first-order valence-electron chi connectivity index (χ1n) is 8.04. The van der Waals surface area contributed by atoms with Gasteiger partial charge in [-0.25, -0.2) is 8.42 Å². The summed E-state index contributed by atoms with van der Waals surface area (Å²) >= 11 is 0. The third-order valence-electron chi connectivity index (χ3n) is 3.73. The Bertz CT molecular complexity index is 857. The van der Waals surface area contributed by atoms with Crippen molar-refractivity contribution in [1.82, 2.24) is 15.2 Å².